The summed E-state index contributed by atoms with van der Waals surface area (Å²) in [4.78, 5) is 16.9. The van der Waals surface area contributed by atoms with Crippen LogP contribution in [0.3, 0.4) is 0 Å². The molecule has 2 aromatic carbocycles. The molecule has 1 N–H and O–H groups in total. The van der Waals surface area contributed by atoms with Gasteiger partial charge >= 0.3 is 0 Å². The maximum absolute atomic E-state index is 13.2. The van der Waals surface area contributed by atoms with Gasteiger partial charge in [-0.3, -0.25) is 4.79 Å². The number of amides is 1. The van der Waals surface area contributed by atoms with E-state index >= 15 is 0 Å². The monoisotopic (exact) mass is 343 g/mol. The van der Waals surface area contributed by atoms with Gasteiger partial charge in [-0.15, -0.1) is 0 Å². The fourth-order valence-electron chi connectivity index (χ4n) is 2.45. The molecule has 4 nitrogen and oxygen atoms in total. The minimum absolute atomic E-state index is 0.283. The molecule has 24 heavy (non-hydrogen) atoms. The van der Waals surface area contributed by atoms with Crippen molar-refractivity contribution < 1.29 is 9.18 Å². The van der Waals surface area contributed by atoms with E-state index in [-0.39, 0.29) is 11.7 Å². The maximum Gasteiger partial charge on any atom is 0.252 e. The summed E-state index contributed by atoms with van der Waals surface area (Å²) in [7, 11) is 1.84. The summed E-state index contributed by atoms with van der Waals surface area (Å²) in [6.45, 7) is 0. The lowest BCUT2D eigenvalue weighted by atomic mass is 10.1. The van der Waals surface area contributed by atoms with Gasteiger partial charge in [0.1, 0.15) is 17.7 Å². The molecule has 1 atom stereocenters. The van der Waals surface area contributed by atoms with E-state index < -0.39 is 6.04 Å². The number of nitrogens with zero attached hydrogens (tertiary/aromatic N) is 2. The number of carbonyl (C=O) groups is 1. The van der Waals surface area contributed by atoms with Crippen molar-refractivity contribution in [2.75, 3.05) is 0 Å². The molecule has 0 aliphatic carbocycles. The highest BCUT2D eigenvalue weighted by atomic mass is 35.5. The predicted molar refractivity (Wildman–Crippen MR) is 90.4 cm³/mol. The van der Waals surface area contributed by atoms with Crippen molar-refractivity contribution >= 4 is 17.5 Å². The van der Waals surface area contributed by atoms with Gasteiger partial charge in [-0.1, -0.05) is 29.8 Å². The Hall–Kier alpha value is -2.66. The Kier molecular flexibility index (Phi) is 4.62. The fourth-order valence-corrected chi connectivity index (χ4v) is 2.64. The van der Waals surface area contributed by atoms with Crippen LogP contribution in [-0.4, -0.2) is 15.5 Å². The minimum atomic E-state index is -0.503. The van der Waals surface area contributed by atoms with Gasteiger partial charge in [0.15, 0.2) is 0 Å². The average Bonchev–Trinajstić information content (AvgIpc) is 2.99. The molecule has 0 bridgehead atoms. The number of hydrogen-bond acceptors (Lipinski definition) is 2. The number of carbonyl (C=O) groups excluding carboxylic acids is 1. The number of benzene rings is 2. The van der Waals surface area contributed by atoms with E-state index in [1.54, 1.807) is 48.8 Å². The first kappa shape index (κ1) is 16.2. The molecule has 0 radical (unpaired) electrons. The molecule has 0 saturated heterocycles. The quantitative estimate of drug-likeness (QED) is 0.784. The molecule has 0 saturated carbocycles. The number of rotatable bonds is 4. The van der Waals surface area contributed by atoms with E-state index in [9.17, 15) is 9.18 Å². The number of aromatic nitrogens is 2. The summed E-state index contributed by atoms with van der Waals surface area (Å²) < 4.78 is 15.0. The number of imidazole rings is 1. The van der Waals surface area contributed by atoms with Gasteiger partial charge in [0.25, 0.3) is 5.91 Å². The lowest BCUT2D eigenvalue weighted by Gasteiger charge is -2.19. The highest BCUT2D eigenvalue weighted by molar-refractivity contribution is 6.30. The molecule has 1 heterocycles. The van der Waals surface area contributed by atoms with Crippen LogP contribution in [0.4, 0.5) is 4.39 Å². The molecule has 0 fully saturated rings. The molecule has 0 unspecified atom stereocenters. The van der Waals surface area contributed by atoms with Gasteiger partial charge in [-0.25, -0.2) is 9.37 Å². The predicted octanol–water partition coefficient (Wildman–Crippen LogP) is 3.73. The first-order valence-electron chi connectivity index (χ1n) is 7.34. The lowest BCUT2D eigenvalue weighted by molar-refractivity contribution is 0.0941. The van der Waals surface area contributed by atoms with E-state index in [0.29, 0.717) is 16.4 Å². The third-order valence-electron chi connectivity index (χ3n) is 3.68. The summed E-state index contributed by atoms with van der Waals surface area (Å²) in [5, 5.41) is 3.42. The smallest absolute Gasteiger partial charge is 0.252 e. The highest BCUT2D eigenvalue weighted by Crippen LogP contribution is 2.22. The van der Waals surface area contributed by atoms with Crippen molar-refractivity contribution in [1.29, 1.82) is 0 Å². The second kappa shape index (κ2) is 6.84. The standard InChI is InChI=1S/C18H15ClFN3O/c1-23-10-9-21-17(23)16(12-5-7-15(20)8-6-12)22-18(24)13-3-2-4-14(19)11-13/h2-11,16H,1H3,(H,22,24)/t16-/m0/s1. The first-order chi connectivity index (χ1) is 11.5. The van der Waals surface area contributed by atoms with Crippen LogP contribution in [0.2, 0.25) is 5.02 Å². The SMILES string of the molecule is Cn1ccnc1[C@@H](NC(=O)c1cccc(Cl)c1)c1ccc(F)cc1. The minimum Gasteiger partial charge on any atom is -0.338 e. The average molecular weight is 344 g/mol. The van der Waals surface area contributed by atoms with Crippen LogP contribution >= 0.6 is 11.6 Å². The molecular weight excluding hydrogens is 329 g/mol. The molecule has 3 aromatic rings. The molecule has 1 amide bonds. The van der Waals surface area contributed by atoms with Crippen LogP contribution in [0.15, 0.2) is 60.9 Å². The van der Waals surface area contributed by atoms with Gasteiger partial charge in [0, 0.05) is 30.0 Å². The number of hydrogen-bond donors (Lipinski definition) is 1. The number of aryl methyl sites for hydroxylation is 1. The highest BCUT2D eigenvalue weighted by Gasteiger charge is 2.21. The third kappa shape index (κ3) is 3.46. The summed E-state index contributed by atoms with van der Waals surface area (Å²) in [5.74, 6) is 0.0327. The van der Waals surface area contributed by atoms with Gasteiger partial charge in [0.2, 0.25) is 0 Å². The third-order valence-corrected chi connectivity index (χ3v) is 3.92. The van der Waals surface area contributed by atoms with E-state index in [2.05, 4.69) is 10.3 Å². The molecule has 0 aliphatic rings. The molecule has 0 spiro atoms. The molecule has 6 heteroatoms. The Morgan fingerprint density at radius 1 is 1.25 bits per heavy atom. The van der Waals surface area contributed by atoms with Crippen molar-refractivity contribution in [3.05, 3.63) is 88.7 Å². The van der Waals surface area contributed by atoms with Crippen molar-refractivity contribution in [2.45, 2.75) is 6.04 Å². The zero-order valence-corrected chi connectivity index (χ0v) is 13.7. The molecule has 122 valence electrons. The van der Waals surface area contributed by atoms with Crippen LogP contribution in [0.1, 0.15) is 27.8 Å². The second-order valence-corrected chi connectivity index (χ2v) is 5.80. The van der Waals surface area contributed by atoms with E-state index in [1.165, 1.54) is 12.1 Å². The zero-order chi connectivity index (χ0) is 17.1. The fraction of sp³-hybridized carbons (Fsp3) is 0.111. The zero-order valence-electron chi connectivity index (χ0n) is 12.9. The van der Waals surface area contributed by atoms with Crippen molar-refractivity contribution in [2.24, 2.45) is 7.05 Å². The van der Waals surface area contributed by atoms with Crippen molar-refractivity contribution in [3.8, 4) is 0 Å². The van der Waals surface area contributed by atoms with E-state index in [4.69, 9.17) is 11.6 Å². The molecule has 3 rings (SSSR count). The Bertz CT molecular complexity index is 861. The molecule has 1 aromatic heterocycles. The topological polar surface area (TPSA) is 46.9 Å². The first-order valence-corrected chi connectivity index (χ1v) is 7.71. The second-order valence-electron chi connectivity index (χ2n) is 5.36. The van der Waals surface area contributed by atoms with E-state index in [1.807, 2.05) is 11.6 Å². The Morgan fingerprint density at radius 3 is 2.62 bits per heavy atom. The van der Waals surface area contributed by atoms with Crippen LogP contribution in [-0.2, 0) is 7.05 Å². The summed E-state index contributed by atoms with van der Waals surface area (Å²) >= 11 is 5.95. The maximum atomic E-state index is 13.2. The van der Waals surface area contributed by atoms with Crippen molar-refractivity contribution in [1.82, 2.24) is 14.9 Å². The van der Waals surface area contributed by atoms with Crippen LogP contribution in [0, 0.1) is 5.82 Å². The number of nitrogens with one attached hydrogen (secondary N) is 1. The van der Waals surface area contributed by atoms with Gasteiger partial charge in [0.05, 0.1) is 0 Å². The largest absolute Gasteiger partial charge is 0.338 e. The van der Waals surface area contributed by atoms with Crippen LogP contribution in [0.5, 0.6) is 0 Å². The lowest BCUT2D eigenvalue weighted by Crippen LogP contribution is -2.31. The van der Waals surface area contributed by atoms with Crippen LogP contribution < -0.4 is 5.32 Å². The van der Waals surface area contributed by atoms with Gasteiger partial charge in [-0.05, 0) is 35.9 Å². The summed E-state index contributed by atoms with van der Waals surface area (Å²) in [6, 6.07) is 12.2. The Balaban J connectivity index is 1.95. The van der Waals surface area contributed by atoms with E-state index in [0.717, 1.165) is 5.56 Å². The summed E-state index contributed by atoms with van der Waals surface area (Å²) in [5.41, 5.74) is 1.19. The van der Waals surface area contributed by atoms with Gasteiger partial charge in [-0.2, -0.15) is 0 Å². The number of halogens is 2. The Labute approximate surface area is 143 Å². The van der Waals surface area contributed by atoms with Gasteiger partial charge < -0.3 is 9.88 Å². The molecular formula is C18H15ClFN3O. The molecule has 0 aliphatic heterocycles. The normalized spacial score (nSPS) is 12.0. The summed E-state index contributed by atoms with van der Waals surface area (Å²) in [6.07, 6.45) is 3.44. The van der Waals surface area contributed by atoms with Crippen molar-refractivity contribution in [3.63, 3.8) is 0 Å². The Morgan fingerprint density at radius 2 is 2.00 bits per heavy atom. The van der Waals surface area contributed by atoms with Crippen LogP contribution in [0.25, 0.3) is 0 Å².